The Labute approximate surface area is 136 Å². The predicted molar refractivity (Wildman–Crippen MR) is 79.3 cm³/mol. The molecular formula is C14H16N2O8. The Morgan fingerprint density at radius 2 is 1.88 bits per heavy atom. The van der Waals surface area contributed by atoms with E-state index in [4.69, 9.17) is 9.47 Å². The van der Waals surface area contributed by atoms with Crippen LogP contribution in [0.4, 0.5) is 5.69 Å². The maximum atomic E-state index is 12.7. The Kier molecular flexibility index (Phi) is 4.88. The summed E-state index contributed by atoms with van der Waals surface area (Å²) >= 11 is 0. The molecular weight excluding hydrogens is 324 g/mol. The van der Waals surface area contributed by atoms with E-state index in [0.717, 1.165) is 17.0 Å². The van der Waals surface area contributed by atoms with Gasteiger partial charge in [-0.25, -0.2) is 4.79 Å². The third kappa shape index (κ3) is 2.95. The molecule has 1 heterocycles. The lowest BCUT2D eigenvalue weighted by molar-refractivity contribution is -0.385. The molecule has 0 radical (unpaired) electrons. The zero-order chi connectivity index (χ0) is 18.0. The van der Waals surface area contributed by atoms with E-state index in [2.05, 4.69) is 0 Å². The highest BCUT2D eigenvalue weighted by Gasteiger charge is 2.43. The number of amides is 1. The van der Waals surface area contributed by atoms with Gasteiger partial charge < -0.3 is 24.6 Å². The molecule has 1 amide bonds. The van der Waals surface area contributed by atoms with Crippen molar-refractivity contribution in [3.05, 3.63) is 27.8 Å². The van der Waals surface area contributed by atoms with Gasteiger partial charge in [0.2, 0.25) is 0 Å². The quantitative estimate of drug-likeness (QED) is 0.575. The first-order valence-corrected chi connectivity index (χ1v) is 6.94. The Morgan fingerprint density at radius 3 is 2.38 bits per heavy atom. The number of nitro groups is 1. The van der Waals surface area contributed by atoms with Crippen LogP contribution in [-0.2, 0) is 4.79 Å². The predicted octanol–water partition coefficient (Wildman–Crippen LogP) is 0.272. The summed E-state index contributed by atoms with van der Waals surface area (Å²) in [6.45, 7) is -0.0253. The summed E-state index contributed by atoms with van der Waals surface area (Å²) in [5, 5.41) is 30.2. The van der Waals surface area contributed by atoms with Crippen LogP contribution in [0.25, 0.3) is 0 Å². The fraction of sp³-hybridized carbons (Fsp3) is 0.429. The molecule has 0 aliphatic carbocycles. The lowest BCUT2D eigenvalue weighted by Crippen LogP contribution is -2.45. The van der Waals surface area contributed by atoms with Gasteiger partial charge in [0.1, 0.15) is 5.56 Å². The van der Waals surface area contributed by atoms with Crippen LogP contribution < -0.4 is 9.47 Å². The van der Waals surface area contributed by atoms with Crippen LogP contribution in [0.1, 0.15) is 16.8 Å². The number of carboxylic acid groups (broad SMARTS) is 1. The highest BCUT2D eigenvalue weighted by atomic mass is 16.6. The van der Waals surface area contributed by atoms with E-state index in [1.165, 1.54) is 14.2 Å². The standard InChI is InChI=1S/C14H16N2O8/c1-23-10-5-7(8(16(21)22)6-11(10)24-2)13(18)15-4-3-9(17)12(15)14(19)20/h5-6,9,12,17H,3-4H2,1-2H3,(H,19,20)/t9-,12-/m0/s1. The molecule has 2 rings (SSSR count). The second kappa shape index (κ2) is 6.71. The number of ether oxygens (including phenoxy) is 2. The summed E-state index contributed by atoms with van der Waals surface area (Å²) < 4.78 is 10.0. The number of nitro benzene ring substituents is 1. The first-order chi connectivity index (χ1) is 11.3. The third-order valence-corrected chi connectivity index (χ3v) is 3.81. The van der Waals surface area contributed by atoms with E-state index in [-0.39, 0.29) is 30.0 Å². The highest BCUT2D eigenvalue weighted by molar-refractivity contribution is 6.01. The van der Waals surface area contributed by atoms with Gasteiger partial charge in [0, 0.05) is 12.6 Å². The van der Waals surface area contributed by atoms with Crippen molar-refractivity contribution in [1.82, 2.24) is 4.90 Å². The summed E-state index contributed by atoms with van der Waals surface area (Å²) in [5.41, 5.74) is -0.874. The van der Waals surface area contributed by atoms with Crippen molar-refractivity contribution < 1.29 is 34.2 Å². The van der Waals surface area contributed by atoms with E-state index in [1.807, 2.05) is 0 Å². The second-order valence-corrected chi connectivity index (χ2v) is 5.12. The number of likely N-dealkylation sites (tertiary alicyclic amines) is 1. The molecule has 0 spiro atoms. The molecule has 1 aromatic rings. The first-order valence-electron chi connectivity index (χ1n) is 6.94. The van der Waals surface area contributed by atoms with Gasteiger partial charge in [-0.1, -0.05) is 0 Å². The Morgan fingerprint density at radius 1 is 1.29 bits per heavy atom. The van der Waals surface area contributed by atoms with E-state index < -0.39 is 34.6 Å². The van der Waals surface area contributed by atoms with Gasteiger partial charge in [0.05, 0.1) is 31.3 Å². The monoisotopic (exact) mass is 340 g/mol. The summed E-state index contributed by atoms with van der Waals surface area (Å²) in [6, 6.07) is 0.710. The van der Waals surface area contributed by atoms with Crippen LogP contribution in [0, 0.1) is 10.1 Å². The molecule has 24 heavy (non-hydrogen) atoms. The van der Waals surface area contributed by atoms with Gasteiger partial charge in [-0.05, 0) is 6.42 Å². The molecule has 1 aliphatic heterocycles. The number of carbonyl (C=O) groups excluding carboxylic acids is 1. The van der Waals surface area contributed by atoms with Crippen molar-refractivity contribution in [3.8, 4) is 11.5 Å². The molecule has 0 unspecified atom stereocenters. The van der Waals surface area contributed by atoms with Crippen molar-refractivity contribution in [2.75, 3.05) is 20.8 Å². The summed E-state index contributed by atoms with van der Waals surface area (Å²) in [6.07, 6.45) is -1.16. The molecule has 10 nitrogen and oxygen atoms in total. The molecule has 1 aromatic carbocycles. The number of rotatable bonds is 5. The normalized spacial score (nSPS) is 19.9. The highest BCUT2D eigenvalue weighted by Crippen LogP contribution is 2.36. The number of nitrogens with zero attached hydrogens (tertiary/aromatic N) is 2. The number of aliphatic hydroxyl groups is 1. The summed E-state index contributed by atoms with van der Waals surface area (Å²) in [5.74, 6) is -2.09. The van der Waals surface area contributed by atoms with Crippen LogP contribution >= 0.6 is 0 Å². The molecule has 2 N–H and O–H groups in total. The average Bonchev–Trinajstić information content (AvgIpc) is 2.94. The van der Waals surface area contributed by atoms with Crippen LogP contribution in [-0.4, -0.2) is 64.8 Å². The minimum absolute atomic E-state index is 0.0253. The third-order valence-electron chi connectivity index (χ3n) is 3.81. The van der Waals surface area contributed by atoms with Gasteiger partial charge in [0.25, 0.3) is 11.6 Å². The molecule has 1 saturated heterocycles. The number of methoxy groups -OCH3 is 2. The van der Waals surface area contributed by atoms with Crippen molar-refractivity contribution in [2.24, 2.45) is 0 Å². The number of benzene rings is 1. The second-order valence-electron chi connectivity index (χ2n) is 5.12. The molecule has 0 bridgehead atoms. The molecule has 1 fully saturated rings. The molecule has 10 heteroatoms. The Bertz CT molecular complexity index is 690. The minimum atomic E-state index is -1.45. The molecule has 1 aliphatic rings. The van der Waals surface area contributed by atoms with E-state index in [0.29, 0.717) is 0 Å². The summed E-state index contributed by atoms with van der Waals surface area (Å²) in [7, 11) is 2.60. The minimum Gasteiger partial charge on any atom is -0.493 e. The lowest BCUT2D eigenvalue weighted by Gasteiger charge is -2.23. The molecule has 0 aromatic heterocycles. The van der Waals surface area contributed by atoms with E-state index in [9.17, 15) is 29.9 Å². The maximum Gasteiger partial charge on any atom is 0.329 e. The number of hydrogen-bond donors (Lipinski definition) is 2. The molecule has 130 valence electrons. The number of hydrogen-bond acceptors (Lipinski definition) is 7. The lowest BCUT2D eigenvalue weighted by atomic mass is 10.1. The van der Waals surface area contributed by atoms with Crippen molar-refractivity contribution in [2.45, 2.75) is 18.6 Å². The molecule has 0 saturated carbocycles. The van der Waals surface area contributed by atoms with E-state index >= 15 is 0 Å². The number of carboxylic acids is 1. The van der Waals surface area contributed by atoms with Crippen LogP contribution in [0.5, 0.6) is 11.5 Å². The number of carbonyl (C=O) groups is 2. The SMILES string of the molecule is COc1cc(C(=O)N2CC[C@H](O)[C@H]2C(=O)O)c([N+](=O)[O-])cc1OC. The van der Waals surface area contributed by atoms with Crippen molar-refractivity contribution in [1.29, 1.82) is 0 Å². The van der Waals surface area contributed by atoms with Gasteiger partial charge in [-0.3, -0.25) is 14.9 Å². The van der Waals surface area contributed by atoms with Gasteiger partial charge in [-0.2, -0.15) is 0 Å². The Balaban J connectivity index is 2.52. The zero-order valence-electron chi connectivity index (χ0n) is 13.0. The average molecular weight is 340 g/mol. The fourth-order valence-corrected chi connectivity index (χ4v) is 2.65. The van der Waals surface area contributed by atoms with Crippen LogP contribution in [0.15, 0.2) is 12.1 Å². The summed E-state index contributed by atoms with van der Waals surface area (Å²) in [4.78, 5) is 35.3. The maximum absolute atomic E-state index is 12.7. The van der Waals surface area contributed by atoms with Crippen LogP contribution in [0.3, 0.4) is 0 Å². The topological polar surface area (TPSA) is 139 Å². The largest absolute Gasteiger partial charge is 0.493 e. The van der Waals surface area contributed by atoms with E-state index in [1.54, 1.807) is 0 Å². The number of aliphatic hydroxyl groups excluding tert-OH is 1. The number of aliphatic carboxylic acids is 1. The van der Waals surface area contributed by atoms with Gasteiger partial charge in [-0.15, -0.1) is 0 Å². The van der Waals surface area contributed by atoms with Crippen molar-refractivity contribution >= 4 is 17.6 Å². The van der Waals surface area contributed by atoms with Gasteiger partial charge in [0.15, 0.2) is 17.5 Å². The fourth-order valence-electron chi connectivity index (χ4n) is 2.65. The smallest absolute Gasteiger partial charge is 0.329 e. The Hall–Kier alpha value is -2.88. The molecule has 2 atom stereocenters. The first kappa shape index (κ1) is 17.5. The zero-order valence-corrected chi connectivity index (χ0v) is 13.0. The van der Waals surface area contributed by atoms with Gasteiger partial charge >= 0.3 is 5.97 Å². The van der Waals surface area contributed by atoms with Crippen LogP contribution in [0.2, 0.25) is 0 Å². The van der Waals surface area contributed by atoms with Crippen molar-refractivity contribution in [3.63, 3.8) is 0 Å².